The smallest absolute Gasteiger partial charge is 0.128 e. The van der Waals surface area contributed by atoms with Gasteiger partial charge in [-0.2, -0.15) is 0 Å². The molecule has 0 radical (unpaired) electrons. The first kappa shape index (κ1) is 14.5. The topological polar surface area (TPSA) is 20.2 Å². The van der Waals surface area contributed by atoms with Crippen molar-refractivity contribution in [3.8, 4) is 0 Å². The summed E-state index contributed by atoms with van der Waals surface area (Å²) in [6.45, 7) is 1.71. The van der Waals surface area contributed by atoms with Crippen molar-refractivity contribution in [2.75, 3.05) is 0 Å². The third-order valence-corrected chi connectivity index (χ3v) is 5.11. The van der Waals surface area contributed by atoms with Crippen molar-refractivity contribution in [2.45, 2.75) is 18.9 Å². The van der Waals surface area contributed by atoms with Crippen LogP contribution in [0.2, 0.25) is 5.02 Å². The lowest BCUT2D eigenvalue weighted by Crippen LogP contribution is -2.23. The van der Waals surface area contributed by atoms with Crippen LogP contribution >= 0.6 is 22.9 Å². The molecule has 1 atom stereocenters. The summed E-state index contributed by atoms with van der Waals surface area (Å²) < 4.78 is 15.0. The molecule has 0 amide bonds. The van der Waals surface area contributed by atoms with Gasteiger partial charge in [-0.3, -0.25) is 0 Å². The highest BCUT2D eigenvalue weighted by molar-refractivity contribution is 7.19. The average Bonchev–Trinajstić information content (AvgIpc) is 2.87. The van der Waals surface area contributed by atoms with Crippen molar-refractivity contribution in [1.82, 2.24) is 0 Å². The number of fused-ring (bicyclic) bond motifs is 1. The fourth-order valence-corrected chi connectivity index (χ4v) is 3.64. The van der Waals surface area contributed by atoms with E-state index in [-0.39, 0.29) is 12.2 Å². The Hall–Kier alpha value is -1.42. The molecule has 21 heavy (non-hydrogen) atoms. The molecule has 0 aliphatic carbocycles. The summed E-state index contributed by atoms with van der Waals surface area (Å²) >= 11 is 7.29. The van der Waals surface area contributed by atoms with Gasteiger partial charge >= 0.3 is 0 Å². The Morgan fingerprint density at radius 2 is 1.95 bits per heavy atom. The Bertz CT molecular complexity index is 761. The van der Waals surface area contributed by atoms with E-state index in [1.807, 2.05) is 30.3 Å². The molecule has 1 unspecified atom stereocenters. The Balaban J connectivity index is 1.95. The minimum absolute atomic E-state index is 0.211. The molecule has 0 saturated carbocycles. The van der Waals surface area contributed by atoms with Gasteiger partial charge in [0, 0.05) is 21.0 Å². The zero-order valence-electron chi connectivity index (χ0n) is 11.4. The van der Waals surface area contributed by atoms with E-state index in [1.165, 1.54) is 17.4 Å². The van der Waals surface area contributed by atoms with Gasteiger partial charge in [0.15, 0.2) is 0 Å². The molecule has 0 aliphatic rings. The molecule has 0 aliphatic heterocycles. The molecule has 2 aromatic carbocycles. The standard InChI is InChI=1S/C17H14ClFOS/c1-17(20,10-12-6-7-13(18)9-14(12)19)16-8-11-4-2-3-5-15(11)21-16/h2-9,20H,10H2,1H3. The van der Waals surface area contributed by atoms with Gasteiger partial charge in [0.1, 0.15) is 11.4 Å². The van der Waals surface area contributed by atoms with Crippen LogP contribution in [0.15, 0.2) is 48.5 Å². The number of hydrogen-bond acceptors (Lipinski definition) is 2. The largest absolute Gasteiger partial charge is 0.384 e. The highest BCUT2D eigenvalue weighted by Gasteiger charge is 2.27. The summed E-state index contributed by atoms with van der Waals surface area (Å²) in [6, 6.07) is 14.5. The van der Waals surface area contributed by atoms with Crippen molar-refractivity contribution < 1.29 is 9.50 Å². The molecule has 0 bridgehead atoms. The number of halogens is 2. The average molecular weight is 321 g/mol. The number of benzene rings is 2. The van der Waals surface area contributed by atoms with Crippen LogP contribution in [0.4, 0.5) is 4.39 Å². The summed E-state index contributed by atoms with van der Waals surface area (Å²) in [6.07, 6.45) is 0.211. The van der Waals surface area contributed by atoms with Crippen molar-refractivity contribution in [1.29, 1.82) is 0 Å². The Morgan fingerprint density at radius 3 is 2.67 bits per heavy atom. The van der Waals surface area contributed by atoms with E-state index >= 15 is 0 Å². The summed E-state index contributed by atoms with van der Waals surface area (Å²) in [7, 11) is 0. The summed E-state index contributed by atoms with van der Waals surface area (Å²) in [5.41, 5.74) is -0.653. The molecule has 4 heteroatoms. The van der Waals surface area contributed by atoms with Crippen LogP contribution < -0.4 is 0 Å². The predicted octanol–water partition coefficient (Wildman–Crippen LogP) is 5.14. The number of hydrogen-bond donors (Lipinski definition) is 1. The summed E-state index contributed by atoms with van der Waals surface area (Å²) in [5.74, 6) is -0.385. The van der Waals surface area contributed by atoms with E-state index in [4.69, 9.17) is 11.6 Å². The Labute approximate surface area is 131 Å². The van der Waals surface area contributed by atoms with Gasteiger partial charge in [-0.05, 0) is 42.1 Å². The molecular weight excluding hydrogens is 307 g/mol. The van der Waals surface area contributed by atoms with Crippen molar-refractivity contribution in [2.24, 2.45) is 0 Å². The van der Waals surface area contributed by atoms with E-state index in [0.29, 0.717) is 10.6 Å². The molecular formula is C17H14ClFOS. The minimum Gasteiger partial charge on any atom is -0.384 e. The van der Waals surface area contributed by atoms with Crippen LogP contribution in [-0.4, -0.2) is 5.11 Å². The quantitative estimate of drug-likeness (QED) is 0.708. The van der Waals surface area contributed by atoms with Crippen LogP contribution in [-0.2, 0) is 12.0 Å². The monoisotopic (exact) mass is 320 g/mol. The lowest BCUT2D eigenvalue weighted by Gasteiger charge is -2.22. The first-order valence-electron chi connectivity index (χ1n) is 6.61. The molecule has 1 N–H and O–H groups in total. The van der Waals surface area contributed by atoms with Crippen molar-refractivity contribution >= 4 is 33.0 Å². The Kier molecular flexibility index (Phi) is 3.74. The van der Waals surface area contributed by atoms with Crippen LogP contribution in [0.3, 0.4) is 0 Å². The number of rotatable bonds is 3. The van der Waals surface area contributed by atoms with Gasteiger partial charge in [-0.25, -0.2) is 4.39 Å². The predicted molar refractivity (Wildman–Crippen MR) is 86.5 cm³/mol. The van der Waals surface area contributed by atoms with Crippen LogP contribution in [0.25, 0.3) is 10.1 Å². The van der Waals surface area contributed by atoms with Crippen LogP contribution in [0.1, 0.15) is 17.4 Å². The molecule has 1 nitrogen and oxygen atoms in total. The normalized spacial score (nSPS) is 14.3. The first-order chi connectivity index (χ1) is 9.95. The molecule has 0 saturated heterocycles. The first-order valence-corrected chi connectivity index (χ1v) is 7.80. The molecule has 108 valence electrons. The van der Waals surface area contributed by atoms with Gasteiger partial charge < -0.3 is 5.11 Å². The van der Waals surface area contributed by atoms with Gasteiger partial charge in [-0.1, -0.05) is 35.9 Å². The van der Waals surface area contributed by atoms with E-state index < -0.39 is 5.60 Å². The maximum absolute atomic E-state index is 13.9. The molecule has 0 spiro atoms. The molecule has 3 rings (SSSR count). The summed E-state index contributed by atoms with van der Waals surface area (Å²) in [5, 5.41) is 12.2. The lowest BCUT2D eigenvalue weighted by molar-refractivity contribution is 0.0606. The fourth-order valence-electron chi connectivity index (χ4n) is 2.37. The summed E-state index contributed by atoms with van der Waals surface area (Å²) in [4.78, 5) is 0.832. The van der Waals surface area contributed by atoms with E-state index in [1.54, 1.807) is 19.1 Å². The van der Waals surface area contributed by atoms with Gasteiger partial charge in [0.2, 0.25) is 0 Å². The number of thiophene rings is 1. The van der Waals surface area contributed by atoms with Crippen LogP contribution in [0.5, 0.6) is 0 Å². The third kappa shape index (κ3) is 2.95. The SMILES string of the molecule is CC(O)(Cc1ccc(Cl)cc1F)c1cc2ccccc2s1. The van der Waals surface area contributed by atoms with Gasteiger partial charge in [0.05, 0.1) is 0 Å². The lowest BCUT2D eigenvalue weighted by atomic mass is 9.94. The highest BCUT2D eigenvalue weighted by atomic mass is 35.5. The maximum atomic E-state index is 13.9. The van der Waals surface area contributed by atoms with Crippen molar-refractivity contribution in [3.05, 3.63) is 69.8 Å². The number of aliphatic hydroxyl groups is 1. The second-order valence-corrected chi connectivity index (χ2v) is 6.86. The van der Waals surface area contributed by atoms with E-state index in [2.05, 4.69) is 0 Å². The zero-order chi connectivity index (χ0) is 15.0. The fraction of sp³-hybridized carbons (Fsp3) is 0.176. The van der Waals surface area contributed by atoms with Gasteiger partial charge in [-0.15, -0.1) is 11.3 Å². The molecule has 0 fully saturated rings. The molecule has 1 aromatic heterocycles. The van der Waals surface area contributed by atoms with Gasteiger partial charge in [0.25, 0.3) is 0 Å². The molecule has 1 heterocycles. The van der Waals surface area contributed by atoms with Crippen LogP contribution in [0, 0.1) is 5.82 Å². The third-order valence-electron chi connectivity index (χ3n) is 3.51. The maximum Gasteiger partial charge on any atom is 0.128 e. The zero-order valence-corrected chi connectivity index (χ0v) is 13.0. The Morgan fingerprint density at radius 1 is 1.19 bits per heavy atom. The van der Waals surface area contributed by atoms with E-state index in [9.17, 15) is 9.50 Å². The minimum atomic E-state index is -1.11. The second kappa shape index (κ2) is 5.41. The second-order valence-electron chi connectivity index (χ2n) is 5.33. The molecule has 3 aromatic rings. The highest BCUT2D eigenvalue weighted by Crippen LogP contribution is 2.35. The van der Waals surface area contributed by atoms with E-state index in [0.717, 1.165) is 15.0 Å². The van der Waals surface area contributed by atoms with Crippen molar-refractivity contribution in [3.63, 3.8) is 0 Å².